The summed E-state index contributed by atoms with van der Waals surface area (Å²) in [6, 6.07) is 11.7. The van der Waals surface area contributed by atoms with E-state index in [1.165, 1.54) is 0 Å². The fourth-order valence-electron chi connectivity index (χ4n) is 4.86. The van der Waals surface area contributed by atoms with Gasteiger partial charge in [-0.15, -0.1) is 0 Å². The third kappa shape index (κ3) is 6.43. The predicted octanol–water partition coefficient (Wildman–Crippen LogP) is 5.31. The molecule has 2 aliphatic rings. The number of nitrogens with one attached hydrogen (secondary N) is 1. The second kappa shape index (κ2) is 10.2. The standard InChI is InChI=1S/C30H38N6O4/c1-28(2,3)39-26(37)32-18-21-16-24-20(17-31-21)10-11-23(33-24)22-8-7-9-25(34-22)35-14-15-36(30(19-35)12-13-30)27(38)40-29(4,5)6/h7-11,16-17H,12-15,18-19H2,1-6H3,(H,32,37). The minimum Gasteiger partial charge on any atom is -0.444 e. The number of piperazine rings is 1. The molecule has 1 saturated carbocycles. The van der Waals surface area contributed by atoms with Crippen LogP contribution in [0, 0.1) is 0 Å². The van der Waals surface area contributed by atoms with Crippen molar-refractivity contribution in [2.75, 3.05) is 24.5 Å². The number of aromatic nitrogens is 3. The lowest BCUT2D eigenvalue weighted by atomic mass is 10.1. The predicted molar refractivity (Wildman–Crippen MR) is 153 cm³/mol. The maximum atomic E-state index is 12.8. The number of alkyl carbamates (subject to hydrolysis) is 1. The first-order chi connectivity index (χ1) is 18.8. The first-order valence-corrected chi connectivity index (χ1v) is 13.8. The first-order valence-electron chi connectivity index (χ1n) is 13.8. The van der Waals surface area contributed by atoms with E-state index in [9.17, 15) is 9.59 Å². The topological polar surface area (TPSA) is 110 Å². The minimum atomic E-state index is -0.566. The number of pyridine rings is 3. The van der Waals surface area contributed by atoms with Crippen molar-refractivity contribution in [3.05, 3.63) is 48.3 Å². The van der Waals surface area contributed by atoms with E-state index in [4.69, 9.17) is 19.4 Å². The lowest BCUT2D eigenvalue weighted by Crippen LogP contribution is -2.58. The number of carbonyl (C=O) groups excluding carboxylic acids is 2. The maximum Gasteiger partial charge on any atom is 0.410 e. The average Bonchev–Trinajstić information content (AvgIpc) is 3.63. The van der Waals surface area contributed by atoms with Crippen LogP contribution in [0.25, 0.3) is 22.3 Å². The van der Waals surface area contributed by atoms with E-state index in [0.717, 1.165) is 47.5 Å². The van der Waals surface area contributed by atoms with Gasteiger partial charge >= 0.3 is 12.2 Å². The van der Waals surface area contributed by atoms with Gasteiger partial charge in [0.2, 0.25) is 0 Å². The smallest absolute Gasteiger partial charge is 0.410 e. The number of hydrogen-bond acceptors (Lipinski definition) is 8. The Balaban J connectivity index is 1.30. The van der Waals surface area contributed by atoms with E-state index in [1.807, 2.05) is 82.8 Å². The lowest BCUT2D eigenvalue weighted by molar-refractivity contribution is 0.0106. The fraction of sp³-hybridized carbons (Fsp3) is 0.500. The van der Waals surface area contributed by atoms with Gasteiger partial charge in [0.25, 0.3) is 0 Å². The van der Waals surface area contributed by atoms with Crippen LogP contribution in [0.5, 0.6) is 0 Å². The highest BCUT2D eigenvalue weighted by Crippen LogP contribution is 2.45. The van der Waals surface area contributed by atoms with Crippen molar-refractivity contribution in [1.82, 2.24) is 25.2 Å². The van der Waals surface area contributed by atoms with Gasteiger partial charge in [0.1, 0.15) is 17.0 Å². The molecule has 1 N–H and O–H groups in total. The molecule has 0 unspecified atom stereocenters. The summed E-state index contributed by atoms with van der Waals surface area (Å²) in [6.45, 7) is 13.4. The highest BCUT2D eigenvalue weighted by molar-refractivity contribution is 5.81. The summed E-state index contributed by atoms with van der Waals surface area (Å²) >= 11 is 0. The van der Waals surface area contributed by atoms with Gasteiger partial charge in [-0.3, -0.25) is 9.88 Å². The molecular formula is C30H38N6O4. The molecule has 0 aromatic carbocycles. The average molecular weight is 547 g/mol. The molecule has 10 nitrogen and oxygen atoms in total. The Labute approximate surface area is 235 Å². The van der Waals surface area contributed by atoms with E-state index in [1.54, 1.807) is 6.20 Å². The van der Waals surface area contributed by atoms with Crippen LogP contribution in [0.15, 0.2) is 42.6 Å². The zero-order valence-corrected chi connectivity index (χ0v) is 24.2. The van der Waals surface area contributed by atoms with Gasteiger partial charge in [-0.1, -0.05) is 6.07 Å². The van der Waals surface area contributed by atoms with Crippen LogP contribution in [0.1, 0.15) is 60.1 Å². The molecular weight excluding hydrogens is 508 g/mol. The molecule has 1 saturated heterocycles. The summed E-state index contributed by atoms with van der Waals surface area (Å²) in [6.07, 6.45) is 2.96. The van der Waals surface area contributed by atoms with Crippen LogP contribution in [0.2, 0.25) is 0 Å². The SMILES string of the molecule is CC(C)(C)OC(=O)NCc1cc2nc(-c3cccc(N4CCN(C(=O)OC(C)(C)C)C5(CC5)C4)n3)ccc2cn1. The van der Waals surface area contributed by atoms with Gasteiger partial charge < -0.3 is 19.7 Å². The van der Waals surface area contributed by atoms with Gasteiger partial charge in [-0.2, -0.15) is 0 Å². The molecule has 2 amide bonds. The molecule has 0 atom stereocenters. The van der Waals surface area contributed by atoms with Crippen LogP contribution < -0.4 is 10.2 Å². The maximum absolute atomic E-state index is 12.8. The highest BCUT2D eigenvalue weighted by Gasteiger charge is 2.54. The van der Waals surface area contributed by atoms with Crippen molar-refractivity contribution in [2.24, 2.45) is 0 Å². The number of fused-ring (bicyclic) bond motifs is 1. The molecule has 10 heteroatoms. The first kappa shape index (κ1) is 27.6. The number of carbonyl (C=O) groups is 2. The summed E-state index contributed by atoms with van der Waals surface area (Å²) < 4.78 is 11.0. The van der Waals surface area contributed by atoms with Crippen molar-refractivity contribution in [1.29, 1.82) is 0 Å². The molecule has 40 heavy (non-hydrogen) atoms. The zero-order chi connectivity index (χ0) is 28.7. The molecule has 5 rings (SSSR count). The van der Waals surface area contributed by atoms with E-state index in [-0.39, 0.29) is 18.2 Å². The van der Waals surface area contributed by atoms with E-state index < -0.39 is 17.3 Å². The normalized spacial score (nSPS) is 16.6. The monoisotopic (exact) mass is 546 g/mol. The van der Waals surface area contributed by atoms with Crippen molar-refractivity contribution in [3.63, 3.8) is 0 Å². The van der Waals surface area contributed by atoms with E-state index in [0.29, 0.717) is 18.8 Å². The molecule has 2 fully saturated rings. The molecule has 1 aliphatic heterocycles. The Morgan fingerprint density at radius 2 is 1.68 bits per heavy atom. The van der Waals surface area contributed by atoms with Crippen molar-refractivity contribution in [3.8, 4) is 11.4 Å². The molecule has 3 aromatic heterocycles. The number of anilines is 1. The molecule has 1 aliphatic carbocycles. The van der Waals surface area contributed by atoms with Gasteiger partial charge in [0.05, 0.1) is 34.7 Å². The summed E-state index contributed by atoms with van der Waals surface area (Å²) in [5, 5.41) is 3.64. The Morgan fingerprint density at radius 1 is 0.950 bits per heavy atom. The van der Waals surface area contributed by atoms with Gasteiger partial charge in [0, 0.05) is 31.2 Å². The van der Waals surface area contributed by atoms with Crippen molar-refractivity contribution in [2.45, 2.75) is 77.7 Å². The van der Waals surface area contributed by atoms with Crippen LogP contribution in [-0.2, 0) is 16.0 Å². The Morgan fingerprint density at radius 3 is 2.38 bits per heavy atom. The number of ether oxygens (including phenoxy) is 2. The Kier molecular flexibility index (Phi) is 7.06. The Bertz CT molecular complexity index is 1420. The Hall–Kier alpha value is -3.95. The van der Waals surface area contributed by atoms with Crippen LogP contribution in [0.4, 0.5) is 15.4 Å². The molecule has 3 aromatic rings. The summed E-state index contributed by atoms with van der Waals surface area (Å²) in [4.78, 5) is 43.3. The van der Waals surface area contributed by atoms with Gasteiger partial charge in [-0.05, 0) is 84.7 Å². The second-order valence-corrected chi connectivity index (χ2v) is 12.6. The number of rotatable bonds is 4. The van der Waals surface area contributed by atoms with Crippen LogP contribution in [-0.4, -0.2) is 68.4 Å². The second-order valence-electron chi connectivity index (χ2n) is 12.6. The van der Waals surface area contributed by atoms with E-state index >= 15 is 0 Å². The number of amides is 2. The molecule has 212 valence electrons. The zero-order valence-electron chi connectivity index (χ0n) is 24.2. The summed E-state index contributed by atoms with van der Waals surface area (Å²) in [5.41, 5.74) is 1.70. The third-order valence-corrected chi connectivity index (χ3v) is 6.86. The van der Waals surface area contributed by atoms with Crippen LogP contribution >= 0.6 is 0 Å². The van der Waals surface area contributed by atoms with Crippen LogP contribution in [0.3, 0.4) is 0 Å². The quantitative estimate of drug-likeness (QED) is 0.469. The molecule has 4 heterocycles. The lowest BCUT2D eigenvalue weighted by Gasteiger charge is -2.42. The van der Waals surface area contributed by atoms with Crippen molar-refractivity contribution >= 4 is 28.9 Å². The molecule has 0 bridgehead atoms. The summed E-state index contributed by atoms with van der Waals surface area (Å²) in [5.74, 6) is 0.867. The van der Waals surface area contributed by atoms with Gasteiger partial charge in [0.15, 0.2) is 0 Å². The van der Waals surface area contributed by atoms with Gasteiger partial charge in [-0.25, -0.2) is 19.6 Å². The number of nitrogens with zero attached hydrogens (tertiary/aromatic N) is 5. The third-order valence-electron chi connectivity index (χ3n) is 6.86. The number of hydrogen-bond donors (Lipinski definition) is 1. The minimum absolute atomic E-state index is 0.184. The van der Waals surface area contributed by atoms with E-state index in [2.05, 4.69) is 15.2 Å². The fourth-order valence-corrected chi connectivity index (χ4v) is 4.86. The largest absolute Gasteiger partial charge is 0.444 e. The molecule has 0 radical (unpaired) electrons. The van der Waals surface area contributed by atoms with Crippen molar-refractivity contribution < 1.29 is 19.1 Å². The highest BCUT2D eigenvalue weighted by atomic mass is 16.6. The molecule has 1 spiro atoms. The summed E-state index contributed by atoms with van der Waals surface area (Å²) in [7, 11) is 0.